The van der Waals surface area contributed by atoms with Crippen molar-refractivity contribution in [3.63, 3.8) is 0 Å². The largest absolute Gasteiger partial charge is 0.304 e. The minimum atomic E-state index is -1.20. The molecule has 4 nitrogen and oxygen atoms in total. The van der Waals surface area contributed by atoms with Crippen LogP contribution in [0.5, 0.6) is 0 Å². The second-order valence-corrected chi connectivity index (χ2v) is 8.78. The number of hydrogen-bond acceptors (Lipinski definition) is 3. The maximum Gasteiger partial charge on any atom is 0.269 e. The fourth-order valence-corrected chi connectivity index (χ4v) is 5.56. The molecule has 30 heavy (non-hydrogen) atoms. The Morgan fingerprint density at radius 1 is 0.967 bits per heavy atom. The second kappa shape index (κ2) is 7.15. The summed E-state index contributed by atoms with van der Waals surface area (Å²) in [4.78, 5) is 28.8. The summed E-state index contributed by atoms with van der Waals surface area (Å²) in [6, 6.07) is 20.6. The van der Waals surface area contributed by atoms with Gasteiger partial charge in [0.15, 0.2) is 0 Å². The van der Waals surface area contributed by atoms with Crippen molar-refractivity contribution in [3.8, 4) is 0 Å². The van der Waals surface area contributed by atoms with Gasteiger partial charge in [0.1, 0.15) is 5.82 Å². The molecular formula is C23H16ClFN2O2S. The second-order valence-electron chi connectivity index (χ2n) is 7.17. The highest BCUT2D eigenvalue weighted by Crippen LogP contribution is 2.55. The molecule has 7 heteroatoms. The van der Waals surface area contributed by atoms with E-state index in [4.69, 9.17) is 11.6 Å². The Morgan fingerprint density at radius 2 is 1.67 bits per heavy atom. The molecule has 3 aromatic rings. The lowest BCUT2D eigenvalue weighted by atomic mass is 10.0. The molecule has 1 spiro atoms. The molecular weight excluding hydrogens is 423 g/mol. The molecule has 0 N–H and O–H groups in total. The third kappa shape index (κ3) is 2.82. The molecule has 1 fully saturated rings. The number of amides is 2. The summed E-state index contributed by atoms with van der Waals surface area (Å²) >= 11 is 7.30. The number of para-hydroxylation sites is 1. The van der Waals surface area contributed by atoms with E-state index in [1.807, 2.05) is 36.4 Å². The molecule has 0 aromatic heterocycles. The average Bonchev–Trinajstić information content (AvgIpc) is 3.22. The zero-order valence-corrected chi connectivity index (χ0v) is 17.3. The van der Waals surface area contributed by atoms with Crippen LogP contribution < -0.4 is 9.80 Å². The molecule has 0 aliphatic carbocycles. The maximum absolute atomic E-state index is 13.9. The Balaban J connectivity index is 1.62. The minimum Gasteiger partial charge on any atom is -0.304 e. The Bertz CT molecular complexity index is 1150. The molecule has 1 atom stereocenters. The predicted octanol–water partition coefficient (Wildman–Crippen LogP) is 4.96. The Hall–Kier alpha value is -2.83. The number of benzene rings is 3. The molecule has 2 aliphatic rings. The van der Waals surface area contributed by atoms with E-state index < -0.39 is 10.7 Å². The number of nitrogens with zero attached hydrogens (tertiary/aromatic N) is 2. The highest BCUT2D eigenvalue weighted by molar-refractivity contribution is 8.02. The smallest absolute Gasteiger partial charge is 0.269 e. The van der Waals surface area contributed by atoms with Gasteiger partial charge in [-0.15, -0.1) is 11.8 Å². The lowest BCUT2D eigenvalue weighted by Crippen LogP contribution is -2.49. The first-order valence-electron chi connectivity index (χ1n) is 9.39. The van der Waals surface area contributed by atoms with E-state index in [9.17, 15) is 14.0 Å². The molecule has 0 unspecified atom stereocenters. The van der Waals surface area contributed by atoms with Crippen LogP contribution in [0.1, 0.15) is 11.1 Å². The third-order valence-electron chi connectivity index (χ3n) is 5.40. The van der Waals surface area contributed by atoms with Crippen LogP contribution in [0.2, 0.25) is 5.02 Å². The zero-order chi connectivity index (χ0) is 20.9. The summed E-state index contributed by atoms with van der Waals surface area (Å²) in [6.07, 6.45) is 0. The topological polar surface area (TPSA) is 40.6 Å². The fraction of sp³-hybridized carbons (Fsp3) is 0.130. The van der Waals surface area contributed by atoms with Gasteiger partial charge in [0.2, 0.25) is 10.8 Å². The molecule has 2 heterocycles. The average molecular weight is 439 g/mol. The van der Waals surface area contributed by atoms with Crippen LogP contribution in [0, 0.1) is 5.82 Å². The van der Waals surface area contributed by atoms with Gasteiger partial charge in [-0.25, -0.2) is 4.39 Å². The van der Waals surface area contributed by atoms with Gasteiger partial charge in [-0.1, -0.05) is 41.9 Å². The normalized spacial score (nSPS) is 20.3. The van der Waals surface area contributed by atoms with Gasteiger partial charge in [0, 0.05) is 16.3 Å². The quantitative estimate of drug-likeness (QED) is 0.580. The molecule has 0 bridgehead atoms. The molecule has 3 aromatic carbocycles. The van der Waals surface area contributed by atoms with Crippen LogP contribution >= 0.6 is 23.4 Å². The van der Waals surface area contributed by atoms with Crippen molar-refractivity contribution in [2.45, 2.75) is 11.4 Å². The molecule has 150 valence electrons. The first-order valence-corrected chi connectivity index (χ1v) is 10.8. The summed E-state index contributed by atoms with van der Waals surface area (Å²) < 4.78 is 13.5. The van der Waals surface area contributed by atoms with Gasteiger partial charge in [0.25, 0.3) is 5.91 Å². The van der Waals surface area contributed by atoms with Gasteiger partial charge in [0.05, 0.1) is 18.0 Å². The number of anilines is 2. The lowest BCUT2D eigenvalue weighted by molar-refractivity contribution is -0.123. The van der Waals surface area contributed by atoms with Crippen LogP contribution in [-0.2, 0) is 21.0 Å². The van der Waals surface area contributed by atoms with Crippen molar-refractivity contribution >= 4 is 46.6 Å². The lowest BCUT2D eigenvalue weighted by Gasteiger charge is -2.33. The van der Waals surface area contributed by atoms with Crippen LogP contribution in [0.4, 0.5) is 15.8 Å². The number of carbonyl (C=O) groups excluding carboxylic acids is 2. The first kappa shape index (κ1) is 19.2. The molecule has 0 radical (unpaired) electrons. The number of carbonyl (C=O) groups is 2. The van der Waals surface area contributed by atoms with Crippen LogP contribution in [0.15, 0.2) is 72.8 Å². The first-order chi connectivity index (χ1) is 14.5. The molecule has 5 rings (SSSR count). The third-order valence-corrected chi connectivity index (χ3v) is 7.04. The van der Waals surface area contributed by atoms with Gasteiger partial charge in [-0.2, -0.15) is 0 Å². The molecule has 1 saturated heterocycles. The number of halogens is 2. The highest BCUT2D eigenvalue weighted by atomic mass is 35.5. The van der Waals surface area contributed by atoms with E-state index in [1.165, 1.54) is 28.8 Å². The summed E-state index contributed by atoms with van der Waals surface area (Å²) in [5.41, 5.74) is 2.97. The van der Waals surface area contributed by atoms with E-state index in [-0.39, 0.29) is 17.6 Å². The SMILES string of the molecule is O=C1CS[C@]2(C(=O)N(Cc3ccc(Cl)cc3)c3ccccc32)N1c1ccc(F)cc1. The van der Waals surface area contributed by atoms with E-state index in [2.05, 4.69) is 0 Å². The van der Waals surface area contributed by atoms with Crippen LogP contribution in [-0.4, -0.2) is 17.6 Å². The summed E-state index contributed by atoms with van der Waals surface area (Å²) in [6.45, 7) is 0.362. The standard InChI is InChI=1S/C23H16ClFN2O2S/c24-16-7-5-15(6-8-16)13-26-20-4-2-1-3-19(20)23(22(26)29)27(21(28)14-30-23)18-11-9-17(25)10-12-18/h1-12H,13-14H2/t23-/m1/s1. The van der Waals surface area contributed by atoms with Gasteiger partial charge >= 0.3 is 0 Å². The highest BCUT2D eigenvalue weighted by Gasteiger charge is 2.60. The molecule has 2 aliphatic heterocycles. The van der Waals surface area contributed by atoms with E-state index >= 15 is 0 Å². The van der Waals surface area contributed by atoms with Crippen molar-refractivity contribution < 1.29 is 14.0 Å². The van der Waals surface area contributed by atoms with Gasteiger partial charge < -0.3 is 4.90 Å². The summed E-state index contributed by atoms with van der Waals surface area (Å²) in [5.74, 6) is -0.580. The van der Waals surface area contributed by atoms with Gasteiger partial charge in [-0.05, 0) is 48.0 Å². The predicted molar refractivity (Wildman–Crippen MR) is 117 cm³/mol. The number of thioether (sulfide) groups is 1. The molecule has 2 amide bonds. The maximum atomic E-state index is 13.9. The minimum absolute atomic E-state index is 0.173. The van der Waals surface area contributed by atoms with E-state index in [0.29, 0.717) is 17.3 Å². The number of fused-ring (bicyclic) bond motifs is 2. The van der Waals surface area contributed by atoms with Gasteiger partial charge in [-0.3, -0.25) is 14.5 Å². The number of rotatable bonds is 3. The number of hydrogen-bond donors (Lipinski definition) is 0. The van der Waals surface area contributed by atoms with Crippen LogP contribution in [0.3, 0.4) is 0 Å². The Labute approximate surface area is 182 Å². The van der Waals surface area contributed by atoms with Crippen molar-refractivity contribution in [2.24, 2.45) is 0 Å². The zero-order valence-electron chi connectivity index (χ0n) is 15.7. The fourth-order valence-electron chi connectivity index (χ4n) is 4.07. The van der Waals surface area contributed by atoms with Crippen molar-refractivity contribution in [3.05, 3.63) is 94.8 Å². The van der Waals surface area contributed by atoms with E-state index in [0.717, 1.165) is 16.8 Å². The summed E-state index contributed by atoms with van der Waals surface area (Å²) in [5, 5.41) is 0.628. The molecule has 0 saturated carbocycles. The van der Waals surface area contributed by atoms with Crippen molar-refractivity contribution in [2.75, 3.05) is 15.6 Å². The Morgan fingerprint density at radius 3 is 2.40 bits per heavy atom. The summed E-state index contributed by atoms with van der Waals surface area (Å²) in [7, 11) is 0. The van der Waals surface area contributed by atoms with E-state index in [1.54, 1.807) is 29.2 Å². The van der Waals surface area contributed by atoms with Crippen molar-refractivity contribution in [1.82, 2.24) is 0 Å². The van der Waals surface area contributed by atoms with Crippen molar-refractivity contribution in [1.29, 1.82) is 0 Å². The monoisotopic (exact) mass is 438 g/mol. The van der Waals surface area contributed by atoms with Crippen LogP contribution in [0.25, 0.3) is 0 Å². The Kier molecular flexibility index (Phi) is 4.56.